The molecule has 48 valence electrons. The van der Waals surface area contributed by atoms with Crippen LogP contribution < -0.4 is 0 Å². The third-order valence-electron chi connectivity index (χ3n) is 0.231. The lowest BCUT2D eigenvalue weighted by Crippen LogP contribution is -1.49. The fourth-order valence-corrected chi connectivity index (χ4v) is 0. The van der Waals surface area contributed by atoms with Gasteiger partial charge in [-0.2, -0.15) is 0 Å². The van der Waals surface area contributed by atoms with Crippen LogP contribution in [0.4, 0.5) is 0 Å². The number of hydrogen-bond donors (Lipinski definition) is 2. The maximum atomic E-state index is 7.44. The molecule has 0 unspecified atom stereocenters. The molecule has 0 aliphatic carbocycles. The van der Waals surface area contributed by atoms with Crippen molar-refractivity contribution >= 4 is 12.4 Å². The molecule has 8 heavy (non-hydrogen) atoms. The lowest BCUT2D eigenvalue weighted by Gasteiger charge is -1.54. The lowest BCUT2D eigenvalue weighted by molar-refractivity contribution is 0.321. The van der Waals surface area contributed by atoms with Crippen molar-refractivity contribution in [2.75, 3.05) is 0 Å². The fraction of sp³-hybridized carbons (Fsp3) is 0.500. The molecule has 0 atom stereocenters. The first-order chi connectivity index (χ1) is 3.83. The van der Waals surface area contributed by atoms with E-state index >= 15 is 0 Å². The molecule has 0 aromatic carbocycles. The minimum atomic E-state index is 1.31. The Labute approximate surface area is 48.1 Å². The van der Waals surface area contributed by atoms with E-state index in [-0.39, 0.29) is 0 Å². The highest BCUT2D eigenvalue weighted by Gasteiger charge is 1.35. The number of oxime groups is 2. The summed E-state index contributed by atoms with van der Waals surface area (Å²) in [5.74, 6) is 0. The van der Waals surface area contributed by atoms with Crippen molar-refractivity contribution < 1.29 is 10.4 Å². The van der Waals surface area contributed by atoms with Crippen LogP contribution in [0.2, 0.25) is 0 Å². The molecule has 0 amide bonds. The molecule has 0 heterocycles. The zero-order valence-electron chi connectivity index (χ0n) is 4.94. The Hall–Kier alpha value is -1.06. The molecule has 0 saturated heterocycles. The molecule has 4 heteroatoms. The third-order valence-corrected chi connectivity index (χ3v) is 0.231. The summed E-state index contributed by atoms with van der Waals surface area (Å²) in [6, 6.07) is 0. The molecule has 0 aromatic heterocycles. The van der Waals surface area contributed by atoms with E-state index in [1.54, 1.807) is 13.8 Å². The van der Waals surface area contributed by atoms with E-state index < -0.39 is 0 Å². The Morgan fingerprint density at radius 3 is 1.12 bits per heavy atom. The van der Waals surface area contributed by atoms with Gasteiger partial charge in [0.15, 0.2) is 0 Å². The molecule has 0 aromatic rings. The van der Waals surface area contributed by atoms with Crippen LogP contribution in [0.1, 0.15) is 13.8 Å². The van der Waals surface area contributed by atoms with E-state index in [9.17, 15) is 0 Å². The van der Waals surface area contributed by atoms with Crippen molar-refractivity contribution in [1.29, 1.82) is 0 Å². The molecule has 0 spiro atoms. The van der Waals surface area contributed by atoms with Crippen LogP contribution in [0.25, 0.3) is 0 Å². The van der Waals surface area contributed by atoms with Gasteiger partial charge in [0.05, 0.1) is 0 Å². The minimum absolute atomic E-state index is 1.31. The van der Waals surface area contributed by atoms with Crippen LogP contribution in [0.5, 0.6) is 0 Å². The lowest BCUT2D eigenvalue weighted by atomic mass is 10.9. The summed E-state index contributed by atoms with van der Waals surface area (Å²) in [6.07, 6.45) is 2.61. The highest BCUT2D eigenvalue weighted by atomic mass is 16.4. The van der Waals surface area contributed by atoms with Gasteiger partial charge in [0.25, 0.3) is 0 Å². The maximum Gasteiger partial charge on any atom is 0.0404 e. The normalized spacial score (nSPS) is 9.25. The van der Waals surface area contributed by atoms with Crippen LogP contribution >= 0.6 is 0 Å². The molecule has 4 nitrogen and oxygen atoms in total. The number of rotatable bonds is 0. The van der Waals surface area contributed by atoms with Gasteiger partial charge in [0.2, 0.25) is 0 Å². The van der Waals surface area contributed by atoms with Gasteiger partial charge in [-0.15, -0.1) is 10.3 Å². The summed E-state index contributed by atoms with van der Waals surface area (Å²) in [6.45, 7) is 3.28. The van der Waals surface area contributed by atoms with Gasteiger partial charge in [-0.25, -0.2) is 0 Å². The predicted molar refractivity (Wildman–Crippen MR) is 31.9 cm³/mol. The molecule has 0 aliphatic heterocycles. The molecule has 0 radical (unpaired) electrons. The number of nitrogens with zero attached hydrogens (tertiary/aromatic N) is 2. The molecule has 0 aliphatic rings. The molecule has 2 N–H and O–H groups in total. The van der Waals surface area contributed by atoms with E-state index in [1.807, 2.05) is 0 Å². The Morgan fingerprint density at radius 2 is 1.12 bits per heavy atom. The first-order valence-electron chi connectivity index (χ1n) is 2.07. The van der Waals surface area contributed by atoms with Gasteiger partial charge in [-0.1, -0.05) is 0 Å². The molecule has 0 rings (SSSR count). The second kappa shape index (κ2) is 16.8. The van der Waals surface area contributed by atoms with Gasteiger partial charge in [0, 0.05) is 12.4 Å². The summed E-state index contributed by atoms with van der Waals surface area (Å²) in [5.41, 5.74) is 0. The number of hydrogen-bond acceptors (Lipinski definition) is 4. The SMILES string of the molecule is CC=NO.CC=NO. The van der Waals surface area contributed by atoms with Crippen LogP contribution in [-0.4, -0.2) is 22.8 Å². The average Bonchev–Trinajstić information content (AvgIpc) is 1.88. The van der Waals surface area contributed by atoms with Crippen LogP contribution in [0, 0.1) is 0 Å². The second-order valence-electron chi connectivity index (χ2n) is 0.747. The Morgan fingerprint density at radius 1 is 1.00 bits per heavy atom. The van der Waals surface area contributed by atoms with E-state index in [2.05, 4.69) is 10.3 Å². The van der Waals surface area contributed by atoms with Crippen molar-refractivity contribution in [3.63, 3.8) is 0 Å². The van der Waals surface area contributed by atoms with Gasteiger partial charge >= 0.3 is 0 Å². The topological polar surface area (TPSA) is 65.2 Å². The predicted octanol–water partition coefficient (Wildman–Crippen LogP) is 0.933. The Bertz CT molecular complexity index is 52.4. The molecular weight excluding hydrogens is 108 g/mol. The first-order valence-corrected chi connectivity index (χ1v) is 2.07. The zero-order chi connectivity index (χ0) is 6.83. The summed E-state index contributed by atoms with van der Waals surface area (Å²) < 4.78 is 0. The largest absolute Gasteiger partial charge is 0.411 e. The summed E-state index contributed by atoms with van der Waals surface area (Å²) in [4.78, 5) is 0. The third kappa shape index (κ3) is 86.8. The summed E-state index contributed by atoms with van der Waals surface area (Å²) in [7, 11) is 0. The molecule has 0 bridgehead atoms. The van der Waals surface area contributed by atoms with E-state index in [0.717, 1.165) is 0 Å². The quantitative estimate of drug-likeness (QED) is 0.282. The Balaban J connectivity index is 0. The van der Waals surface area contributed by atoms with E-state index in [1.165, 1.54) is 12.4 Å². The van der Waals surface area contributed by atoms with Crippen molar-refractivity contribution in [3.8, 4) is 0 Å². The smallest absolute Gasteiger partial charge is 0.0404 e. The first kappa shape index (κ1) is 10.0. The van der Waals surface area contributed by atoms with Crippen molar-refractivity contribution in [2.24, 2.45) is 10.3 Å². The fourth-order valence-electron chi connectivity index (χ4n) is 0. The molecular formula is C4H10N2O2. The molecule has 0 fully saturated rings. The van der Waals surface area contributed by atoms with Gasteiger partial charge < -0.3 is 10.4 Å². The standard InChI is InChI=1S/2C2H5NO/c2*1-2-3-4/h2*2,4H,1H3. The van der Waals surface area contributed by atoms with E-state index in [4.69, 9.17) is 10.4 Å². The van der Waals surface area contributed by atoms with Crippen LogP contribution in [0.3, 0.4) is 0 Å². The van der Waals surface area contributed by atoms with Gasteiger partial charge in [-0.3, -0.25) is 0 Å². The highest BCUT2D eigenvalue weighted by molar-refractivity contribution is 5.52. The van der Waals surface area contributed by atoms with E-state index in [0.29, 0.717) is 0 Å². The monoisotopic (exact) mass is 118 g/mol. The summed E-state index contributed by atoms with van der Waals surface area (Å²) >= 11 is 0. The van der Waals surface area contributed by atoms with Gasteiger partial charge in [-0.05, 0) is 13.8 Å². The average molecular weight is 118 g/mol. The second-order valence-corrected chi connectivity index (χ2v) is 0.747. The van der Waals surface area contributed by atoms with Crippen molar-refractivity contribution in [3.05, 3.63) is 0 Å². The van der Waals surface area contributed by atoms with Crippen molar-refractivity contribution in [2.45, 2.75) is 13.8 Å². The van der Waals surface area contributed by atoms with Gasteiger partial charge in [0.1, 0.15) is 0 Å². The molecule has 0 saturated carbocycles. The zero-order valence-corrected chi connectivity index (χ0v) is 4.94. The minimum Gasteiger partial charge on any atom is -0.411 e. The maximum absolute atomic E-state index is 7.44. The van der Waals surface area contributed by atoms with Crippen LogP contribution in [-0.2, 0) is 0 Å². The highest BCUT2D eigenvalue weighted by Crippen LogP contribution is 1.38. The summed E-state index contributed by atoms with van der Waals surface area (Å²) in [5, 5.41) is 20.1. The Kier molecular flexibility index (Phi) is 21.0. The van der Waals surface area contributed by atoms with Crippen LogP contribution in [0.15, 0.2) is 10.3 Å². The van der Waals surface area contributed by atoms with Crippen molar-refractivity contribution in [1.82, 2.24) is 0 Å².